The summed E-state index contributed by atoms with van der Waals surface area (Å²) in [5.41, 5.74) is -1.05. The van der Waals surface area contributed by atoms with Crippen molar-refractivity contribution in [3.63, 3.8) is 0 Å². The molecule has 4 aromatic rings. The smallest absolute Gasteiger partial charge is 0.365 e. The fourth-order valence-electron chi connectivity index (χ4n) is 5.86. The van der Waals surface area contributed by atoms with Crippen molar-refractivity contribution in [2.45, 2.75) is 84.4 Å². The van der Waals surface area contributed by atoms with Crippen LogP contribution in [-0.2, 0) is 25.4 Å². The Kier molecular flexibility index (Phi) is 9.77. The number of pyridine rings is 1. The molecule has 0 aliphatic heterocycles. The van der Waals surface area contributed by atoms with E-state index in [-0.39, 0.29) is 41.9 Å². The molecule has 2 N–H and O–H groups in total. The van der Waals surface area contributed by atoms with Crippen LogP contribution < -0.4 is 15.1 Å². The largest absolute Gasteiger partial charge is 0.416 e. The lowest BCUT2D eigenvalue weighted by Crippen LogP contribution is -2.34. The van der Waals surface area contributed by atoms with Crippen molar-refractivity contribution in [3.05, 3.63) is 76.8 Å². The van der Waals surface area contributed by atoms with E-state index in [4.69, 9.17) is 14.9 Å². The van der Waals surface area contributed by atoms with Gasteiger partial charge in [-0.2, -0.15) is 26.3 Å². The quantitative estimate of drug-likeness (QED) is 0.104. The first-order chi connectivity index (χ1) is 23.9. The molecule has 2 aliphatic carbocycles. The third-order valence-electron chi connectivity index (χ3n) is 8.66. The van der Waals surface area contributed by atoms with Crippen LogP contribution in [0.3, 0.4) is 0 Å². The Labute approximate surface area is 292 Å². The van der Waals surface area contributed by atoms with Crippen LogP contribution in [0, 0.1) is 17.2 Å². The fourth-order valence-corrected chi connectivity index (χ4v) is 5.86. The van der Waals surface area contributed by atoms with Gasteiger partial charge in [-0.3, -0.25) is 0 Å². The van der Waals surface area contributed by atoms with E-state index >= 15 is 0 Å². The molecule has 272 valence electrons. The molecular formula is C36H40F6N8O. The van der Waals surface area contributed by atoms with Crippen LogP contribution in [0.25, 0.3) is 11.3 Å². The van der Waals surface area contributed by atoms with Gasteiger partial charge in [-0.1, -0.05) is 5.16 Å². The van der Waals surface area contributed by atoms with E-state index in [1.54, 1.807) is 13.0 Å². The minimum absolute atomic E-state index is 0.0227. The molecule has 1 aromatic carbocycles. The van der Waals surface area contributed by atoms with Gasteiger partial charge >= 0.3 is 12.4 Å². The predicted molar refractivity (Wildman–Crippen MR) is 182 cm³/mol. The van der Waals surface area contributed by atoms with Crippen LogP contribution in [-0.4, -0.2) is 44.4 Å². The molecule has 0 radical (unpaired) electrons. The number of nitrogens with zero attached hydrogens (tertiary/aromatic N) is 6. The van der Waals surface area contributed by atoms with Crippen LogP contribution in [0.1, 0.15) is 81.2 Å². The molecule has 0 spiro atoms. The second-order valence-electron chi connectivity index (χ2n) is 14.6. The second kappa shape index (κ2) is 13.8. The van der Waals surface area contributed by atoms with Crippen molar-refractivity contribution >= 4 is 23.3 Å². The maximum Gasteiger partial charge on any atom is 0.416 e. The molecule has 9 nitrogen and oxygen atoms in total. The van der Waals surface area contributed by atoms with Crippen molar-refractivity contribution in [3.8, 4) is 11.3 Å². The first-order valence-corrected chi connectivity index (χ1v) is 16.8. The van der Waals surface area contributed by atoms with E-state index in [2.05, 4.69) is 25.3 Å². The average Bonchev–Trinajstić information content (AvgIpc) is 3.98. The minimum atomic E-state index is -5.01. The summed E-state index contributed by atoms with van der Waals surface area (Å²) in [5.74, 6) is 2.24. The van der Waals surface area contributed by atoms with E-state index in [1.165, 1.54) is 23.6 Å². The van der Waals surface area contributed by atoms with Crippen LogP contribution in [0.2, 0.25) is 0 Å². The van der Waals surface area contributed by atoms with Crippen molar-refractivity contribution in [2.75, 3.05) is 28.2 Å². The number of aromatic nitrogens is 4. The van der Waals surface area contributed by atoms with Gasteiger partial charge in [0.05, 0.1) is 11.1 Å². The minimum Gasteiger partial charge on any atom is -0.365 e. The lowest BCUT2D eigenvalue weighted by molar-refractivity contribution is -0.143. The molecule has 3 heterocycles. The molecule has 51 heavy (non-hydrogen) atoms. The molecule has 6 rings (SSSR count). The summed E-state index contributed by atoms with van der Waals surface area (Å²) in [6.07, 6.45) is -1.33. The molecule has 0 bridgehead atoms. The molecule has 2 aliphatic rings. The van der Waals surface area contributed by atoms with Crippen molar-refractivity contribution in [1.82, 2.24) is 20.1 Å². The van der Waals surface area contributed by atoms with Crippen molar-refractivity contribution in [1.29, 1.82) is 5.41 Å². The zero-order valence-electron chi connectivity index (χ0n) is 28.8. The van der Waals surface area contributed by atoms with Gasteiger partial charge in [-0.15, -0.1) is 0 Å². The number of alkyl halides is 6. The summed E-state index contributed by atoms with van der Waals surface area (Å²) in [7, 11) is 0. The summed E-state index contributed by atoms with van der Waals surface area (Å²) < 4.78 is 88.3. The zero-order valence-corrected chi connectivity index (χ0v) is 28.8. The molecule has 0 amide bonds. The average molecular weight is 715 g/mol. The number of hydrogen-bond acceptors (Lipinski definition) is 9. The number of benzene rings is 1. The summed E-state index contributed by atoms with van der Waals surface area (Å²) in [6, 6.07) is 5.02. The molecule has 2 fully saturated rings. The summed E-state index contributed by atoms with van der Waals surface area (Å²) in [4.78, 5) is 17.9. The molecular weight excluding hydrogens is 674 g/mol. The van der Waals surface area contributed by atoms with Gasteiger partial charge in [-0.05, 0) is 95.0 Å². The SMILES string of the molecule is CC(=N)c1cc(CN(Cc2cc(C(F)(F)F)cc(C(F)(F)F)c2)c2ncc(-c3ccon3)cn2)c(N(CC2CC2)CC2CC2)nc1NC(C)(C)C. The maximum absolute atomic E-state index is 13.9. The van der Waals surface area contributed by atoms with Gasteiger partial charge < -0.3 is 25.0 Å². The van der Waals surface area contributed by atoms with Crippen LogP contribution in [0.15, 0.2) is 53.5 Å². The molecule has 0 saturated heterocycles. The first kappa shape index (κ1) is 36.1. The molecule has 0 unspecified atom stereocenters. The summed E-state index contributed by atoms with van der Waals surface area (Å²) in [5, 5.41) is 15.9. The number of halogens is 6. The monoisotopic (exact) mass is 714 g/mol. The lowest BCUT2D eigenvalue weighted by Gasteiger charge is -2.31. The van der Waals surface area contributed by atoms with Crippen LogP contribution >= 0.6 is 0 Å². The number of rotatable bonds is 13. The molecule has 0 atom stereocenters. The fraction of sp³-hybridized carbons (Fsp3) is 0.472. The van der Waals surface area contributed by atoms with Gasteiger partial charge in [0.2, 0.25) is 5.95 Å². The Morgan fingerprint density at radius 2 is 1.45 bits per heavy atom. The van der Waals surface area contributed by atoms with E-state index in [0.717, 1.165) is 50.9 Å². The Balaban J connectivity index is 1.48. The summed E-state index contributed by atoms with van der Waals surface area (Å²) >= 11 is 0. The Morgan fingerprint density at radius 1 is 0.863 bits per heavy atom. The zero-order chi connectivity index (χ0) is 36.7. The number of anilines is 3. The van der Waals surface area contributed by atoms with E-state index in [9.17, 15) is 26.3 Å². The van der Waals surface area contributed by atoms with E-state index < -0.39 is 23.5 Å². The van der Waals surface area contributed by atoms with Crippen molar-refractivity contribution < 1.29 is 30.9 Å². The highest BCUT2D eigenvalue weighted by molar-refractivity contribution is 6.01. The van der Waals surface area contributed by atoms with Crippen LogP contribution in [0.5, 0.6) is 0 Å². The number of hydrogen-bond donors (Lipinski definition) is 2. The second-order valence-corrected chi connectivity index (χ2v) is 14.6. The van der Waals surface area contributed by atoms with Gasteiger partial charge in [0.25, 0.3) is 0 Å². The number of nitrogens with one attached hydrogen (secondary N) is 2. The predicted octanol–water partition coefficient (Wildman–Crippen LogP) is 9.00. The summed E-state index contributed by atoms with van der Waals surface area (Å²) in [6.45, 7) is 8.73. The lowest BCUT2D eigenvalue weighted by atomic mass is 10.0. The normalized spacial score (nSPS) is 15.2. The first-order valence-electron chi connectivity index (χ1n) is 16.8. The molecule has 3 aromatic heterocycles. The van der Waals surface area contributed by atoms with Gasteiger partial charge in [0, 0.05) is 72.6 Å². The Bertz CT molecular complexity index is 1800. The van der Waals surface area contributed by atoms with Gasteiger partial charge in [0.15, 0.2) is 0 Å². The topological polar surface area (TPSA) is 107 Å². The highest BCUT2D eigenvalue weighted by atomic mass is 19.4. The Hall–Kier alpha value is -4.69. The van der Waals surface area contributed by atoms with Crippen LogP contribution in [0.4, 0.5) is 43.9 Å². The van der Waals surface area contributed by atoms with Gasteiger partial charge in [0.1, 0.15) is 23.6 Å². The van der Waals surface area contributed by atoms with Crippen molar-refractivity contribution in [2.24, 2.45) is 11.8 Å². The Morgan fingerprint density at radius 3 is 1.92 bits per heavy atom. The van der Waals surface area contributed by atoms with E-state index in [0.29, 0.717) is 45.9 Å². The highest BCUT2D eigenvalue weighted by Crippen LogP contribution is 2.39. The third kappa shape index (κ3) is 9.36. The molecule has 2 saturated carbocycles. The maximum atomic E-state index is 13.9. The standard InChI is InChI=1S/C36H40F6N8O/c1-21(43)29-13-25(32(46-31(29)47-34(2,3)4)49(17-22-5-6-22)18-23-7-8-23)20-50(33-44-15-26(16-45-33)30-9-10-51-48-30)19-24-11-27(35(37,38)39)14-28(12-24)36(40,41)42/h9-16,22-23,43H,5-8,17-20H2,1-4H3,(H,46,47). The van der Waals surface area contributed by atoms with E-state index in [1.807, 2.05) is 26.8 Å². The van der Waals surface area contributed by atoms with Gasteiger partial charge in [-0.25, -0.2) is 15.0 Å². The molecule has 15 heteroatoms. The highest BCUT2D eigenvalue weighted by Gasteiger charge is 2.37. The third-order valence-corrected chi connectivity index (χ3v) is 8.66.